The number of ketones is 1. The molecule has 1 N–H and O–H groups in total. The van der Waals surface area contributed by atoms with Gasteiger partial charge in [-0.3, -0.25) is 19.7 Å². The first-order chi connectivity index (χ1) is 16.7. The van der Waals surface area contributed by atoms with E-state index in [1.165, 1.54) is 34.4 Å². The van der Waals surface area contributed by atoms with Gasteiger partial charge in [0.05, 0.1) is 27.1 Å². The summed E-state index contributed by atoms with van der Waals surface area (Å²) in [5, 5.41) is 22.9. The predicted octanol–water partition coefficient (Wildman–Crippen LogP) is 4.17. The minimum Gasteiger partial charge on any atom is -0.503 e. The highest BCUT2D eigenvalue weighted by molar-refractivity contribution is 7.17. The summed E-state index contributed by atoms with van der Waals surface area (Å²) in [5.41, 5.74) is 1.45. The van der Waals surface area contributed by atoms with Gasteiger partial charge in [0.2, 0.25) is 5.78 Å². The number of hydrogen-bond acceptors (Lipinski definition) is 8. The second kappa shape index (κ2) is 9.77. The number of amides is 1. The van der Waals surface area contributed by atoms with Crippen LogP contribution < -0.4 is 0 Å². The Kier molecular flexibility index (Phi) is 6.77. The van der Waals surface area contributed by atoms with Gasteiger partial charge < -0.3 is 14.9 Å². The van der Waals surface area contributed by atoms with Crippen LogP contribution in [-0.4, -0.2) is 63.7 Å². The number of aryl methyl sites for hydroxylation is 1. The molecule has 1 aliphatic rings. The number of aliphatic hydroxyl groups excluding tert-OH is 1. The summed E-state index contributed by atoms with van der Waals surface area (Å²) < 4.78 is 0. The topological polar surface area (TPSA) is 117 Å². The van der Waals surface area contributed by atoms with E-state index in [-0.39, 0.29) is 17.8 Å². The van der Waals surface area contributed by atoms with Gasteiger partial charge in [0, 0.05) is 30.8 Å². The fourth-order valence-electron chi connectivity index (χ4n) is 4.01. The number of nitro groups is 1. The zero-order valence-electron chi connectivity index (χ0n) is 19.5. The van der Waals surface area contributed by atoms with Crippen molar-refractivity contribution in [3.63, 3.8) is 0 Å². The highest BCUT2D eigenvalue weighted by atomic mass is 32.1. The van der Waals surface area contributed by atoms with Crippen LogP contribution in [0.4, 0.5) is 5.69 Å². The maximum absolute atomic E-state index is 13.8. The highest BCUT2D eigenvalue weighted by Crippen LogP contribution is 2.41. The average Bonchev–Trinajstić information content (AvgIpc) is 3.35. The summed E-state index contributed by atoms with van der Waals surface area (Å²) in [6, 6.07) is 14.2. The van der Waals surface area contributed by atoms with Crippen molar-refractivity contribution in [3.05, 3.63) is 92.2 Å². The van der Waals surface area contributed by atoms with E-state index in [4.69, 9.17) is 0 Å². The van der Waals surface area contributed by atoms with Gasteiger partial charge in [-0.2, -0.15) is 0 Å². The van der Waals surface area contributed by atoms with E-state index in [0.29, 0.717) is 27.7 Å². The lowest BCUT2D eigenvalue weighted by atomic mass is 9.94. The van der Waals surface area contributed by atoms with Crippen molar-refractivity contribution >= 4 is 28.7 Å². The summed E-state index contributed by atoms with van der Waals surface area (Å²) in [6.45, 7) is 2.40. The number of Topliss-reactive ketones (excluding diaryl/α,β-unsaturated/α-hetero) is 1. The summed E-state index contributed by atoms with van der Waals surface area (Å²) in [7, 11) is 3.68. The number of aromatic nitrogens is 1. The van der Waals surface area contributed by atoms with Gasteiger partial charge in [0.15, 0.2) is 5.76 Å². The molecular weight excluding hydrogens is 468 g/mol. The molecule has 0 saturated heterocycles. The lowest BCUT2D eigenvalue weighted by Crippen LogP contribution is -2.36. The van der Waals surface area contributed by atoms with Crippen LogP contribution in [0.2, 0.25) is 0 Å². The molecule has 0 radical (unpaired) electrons. The summed E-state index contributed by atoms with van der Waals surface area (Å²) in [6.07, 6.45) is 0. The Labute approximate surface area is 206 Å². The van der Waals surface area contributed by atoms with Crippen molar-refractivity contribution in [1.29, 1.82) is 0 Å². The molecule has 0 spiro atoms. The van der Waals surface area contributed by atoms with Crippen LogP contribution in [0.1, 0.15) is 27.0 Å². The fourth-order valence-corrected chi connectivity index (χ4v) is 5.04. The molecule has 0 saturated carbocycles. The zero-order valence-corrected chi connectivity index (χ0v) is 20.3. The number of aliphatic hydroxyl groups is 1. The monoisotopic (exact) mass is 492 g/mol. The average molecular weight is 493 g/mol. The Morgan fingerprint density at radius 3 is 2.57 bits per heavy atom. The van der Waals surface area contributed by atoms with E-state index in [9.17, 15) is 24.8 Å². The van der Waals surface area contributed by atoms with Crippen LogP contribution in [0.25, 0.3) is 10.6 Å². The maximum Gasteiger partial charge on any atom is 0.290 e. The molecule has 0 bridgehead atoms. The Morgan fingerprint density at radius 1 is 1.20 bits per heavy atom. The summed E-state index contributed by atoms with van der Waals surface area (Å²) in [4.78, 5) is 45.8. The first-order valence-corrected chi connectivity index (χ1v) is 11.7. The third kappa shape index (κ3) is 4.71. The second-order valence-electron chi connectivity index (χ2n) is 8.45. The maximum atomic E-state index is 13.8. The van der Waals surface area contributed by atoms with Crippen molar-refractivity contribution < 1.29 is 19.6 Å². The van der Waals surface area contributed by atoms with Crippen molar-refractivity contribution in [1.82, 2.24) is 14.8 Å². The highest BCUT2D eigenvalue weighted by Gasteiger charge is 2.44. The summed E-state index contributed by atoms with van der Waals surface area (Å²) in [5.74, 6) is -1.84. The van der Waals surface area contributed by atoms with Crippen molar-refractivity contribution in [2.75, 3.05) is 27.2 Å². The minimum absolute atomic E-state index is 0.0967. The van der Waals surface area contributed by atoms with Crippen LogP contribution in [0.5, 0.6) is 0 Å². The van der Waals surface area contributed by atoms with Gasteiger partial charge in [-0.1, -0.05) is 42.5 Å². The Balaban J connectivity index is 1.80. The minimum atomic E-state index is -0.962. The number of hydrogen-bond donors (Lipinski definition) is 1. The number of likely N-dealkylation sites (N-methyl/N-ethyl adjacent to an activating group) is 1. The molecular formula is C25H24N4O5S. The number of rotatable bonds is 8. The first-order valence-electron chi connectivity index (χ1n) is 10.9. The number of non-ortho nitro benzene ring substituents is 1. The van der Waals surface area contributed by atoms with Crippen LogP contribution >= 0.6 is 11.3 Å². The lowest BCUT2D eigenvalue weighted by Gasteiger charge is -2.27. The molecule has 1 amide bonds. The first kappa shape index (κ1) is 24.2. The molecule has 2 aromatic carbocycles. The van der Waals surface area contributed by atoms with Crippen molar-refractivity contribution in [2.24, 2.45) is 0 Å². The van der Waals surface area contributed by atoms with Gasteiger partial charge in [0.1, 0.15) is 5.01 Å². The third-order valence-electron chi connectivity index (χ3n) is 5.76. The number of carbonyl (C=O) groups is 2. The number of nitrogens with zero attached hydrogens (tertiary/aromatic N) is 4. The van der Waals surface area contributed by atoms with Gasteiger partial charge in [-0.05, 0) is 26.6 Å². The van der Waals surface area contributed by atoms with E-state index in [1.807, 2.05) is 49.3 Å². The molecule has 2 heterocycles. The zero-order chi connectivity index (χ0) is 25.3. The van der Waals surface area contributed by atoms with E-state index in [0.717, 1.165) is 5.56 Å². The largest absolute Gasteiger partial charge is 0.503 e. The van der Waals surface area contributed by atoms with E-state index < -0.39 is 28.4 Å². The molecule has 1 aliphatic heterocycles. The smallest absolute Gasteiger partial charge is 0.290 e. The number of benzene rings is 2. The number of carbonyl (C=O) groups excluding carboxylic acids is 2. The molecule has 0 fully saturated rings. The van der Waals surface area contributed by atoms with Gasteiger partial charge in [0.25, 0.3) is 11.6 Å². The molecule has 1 atom stereocenters. The number of nitro benzene ring substituents is 1. The van der Waals surface area contributed by atoms with E-state index in [2.05, 4.69) is 4.98 Å². The fraction of sp³-hybridized carbons (Fsp3) is 0.240. The van der Waals surface area contributed by atoms with Crippen LogP contribution in [0.15, 0.2) is 65.9 Å². The molecule has 1 unspecified atom stereocenters. The Hall–Kier alpha value is -3.89. The molecule has 1 aromatic heterocycles. The molecule has 35 heavy (non-hydrogen) atoms. The van der Waals surface area contributed by atoms with Gasteiger partial charge in [-0.15, -0.1) is 11.3 Å². The normalized spacial score (nSPS) is 15.8. The van der Waals surface area contributed by atoms with Crippen molar-refractivity contribution in [2.45, 2.75) is 13.0 Å². The molecule has 4 rings (SSSR count). The SMILES string of the molecule is Cc1nc(-c2ccccc2)sc1C(=O)C1=C(O)C(=O)N(CCN(C)C)C1c1cccc([N+](=O)[O-])c1. The quantitative estimate of drug-likeness (QED) is 0.285. The van der Waals surface area contributed by atoms with E-state index >= 15 is 0 Å². The number of thiazole rings is 1. The molecule has 9 nitrogen and oxygen atoms in total. The van der Waals surface area contributed by atoms with E-state index in [1.54, 1.807) is 13.0 Å². The van der Waals surface area contributed by atoms with Crippen molar-refractivity contribution in [3.8, 4) is 10.6 Å². The van der Waals surface area contributed by atoms with Crippen LogP contribution in [0, 0.1) is 17.0 Å². The van der Waals surface area contributed by atoms with Crippen LogP contribution in [-0.2, 0) is 4.79 Å². The van der Waals surface area contributed by atoms with Crippen LogP contribution in [0.3, 0.4) is 0 Å². The van der Waals surface area contributed by atoms with Gasteiger partial charge in [-0.25, -0.2) is 4.98 Å². The third-order valence-corrected chi connectivity index (χ3v) is 6.96. The lowest BCUT2D eigenvalue weighted by molar-refractivity contribution is -0.384. The molecule has 10 heteroatoms. The Morgan fingerprint density at radius 2 is 1.91 bits per heavy atom. The van der Waals surface area contributed by atoms with Gasteiger partial charge >= 0.3 is 0 Å². The second-order valence-corrected chi connectivity index (χ2v) is 9.45. The molecule has 3 aromatic rings. The standard InChI is InChI=1S/C25H24N4O5S/c1-15-23(35-24(26-15)16-8-5-4-6-9-16)21(30)19-20(17-10-7-11-18(14-17)29(33)34)28(13-12-27(2)3)25(32)22(19)31/h4-11,14,20,31H,12-13H2,1-3H3. The molecule has 0 aliphatic carbocycles. The summed E-state index contributed by atoms with van der Waals surface area (Å²) >= 11 is 1.18. The Bertz CT molecular complexity index is 1330. The predicted molar refractivity (Wildman–Crippen MR) is 132 cm³/mol. The molecule has 180 valence electrons.